The van der Waals surface area contributed by atoms with Crippen LogP contribution in [0.25, 0.3) is 0 Å². The highest BCUT2D eigenvalue weighted by Gasteiger charge is 2.21. The summed E-state index contributed by atoms with van der Waals surface area (Å²) >= 11 is 0. The first kappa shape index (κ1) is 17.5. The van der Waals surface area contributed by atoms with Crippen molar-refractivity contribution in [1.29, 1.82) is 0 Å². The number of nitrogens with zero attached hydrogens (tertiary/aromatic N) is 3. The van der Waals surface area contributed by atoms with Gasteiger partial charge in [-0.05, 0) is 31.6 Å². The minimum atomic E-state index is 0.0311. The van der Waals surface area contributed by atoms with Gasteiger partial charge in [-0.1, -0.05) is 24.3 Å². The average Bonchev–Trinajstić information content (AvgIpc) is 2.53. The number of likely N-dealkylation sites (N-methyl/N-ethyl adjacent to an activating group) is 1. The minimum Gasteiger partial charge on any atom is -0.341 e. The van der Waals surface area contributed by atoms with Crippen LogP contribution in [0.5, 0.6) is 0 Å². The molecule has 0 aromatic heterocycles. The third kappa shape index (κ3) is 5.06. The smallest absolute Gasteiger partial charge is 0.224 e. The van der Waals surface area contributed by atoms with Crippen molar-refractivity contribution in [3.63, 3.8) is 0 Å². The maximum atomic E-state index is 12.5. The summed E-state index contributed by atoms with van der Waals surface area (Å²) in [6.07, 6.45) is 1.31. The highest BCUT2D eigenvalue weighted by atomic mass is 16.2. The van der Waals surface area contributed by atoms with E-state index in [1.54, 1.807) is 11.8 Å². The van der Waals surface area contributed by atoms with E-state index in [-0.39, 0.29) is 11.8 Å². The molecule has 0 fully saturated rings. The zero-order chi connectivity index (χ0) is 16.8. The van der Waals surface area contributed by atoms with E-state index in [9.17, 15) is 9.59 Å². The van der Waals surface area contributed by atoms with Crippen LogP contribution < -0.4 is 0 Å². The quantitative estimate of drug-likeness (QED) is 0.796. The summed E-state index contributed by atoms with van der Waals surface area (Å²) in [6.45, 7) is 5.00. The molecule has 0 saturated heterocycles. The Hall–Kier alpha value is -1.88. The van der Waals surface area contributed by atoms with Crippen LogP contribution in [0, 0.1) is 0 Å². The molecule has 1 aliphatic heterocycles. The normalized spacial score (nSPS) is 13.8. The molecule has 2 amide bonds. The predicted molar refractivity (Wildman–Crippen MR) is 91.0 cm³/mol. The first-order chi connectivity index (χ1) is 11.0. The van der Waals surface area contributed by atoms with Crippen molar-refractivity contribution >= 4 is 11.8 Å². The standard InChI is InChI=1S/C18H27N3O2/c1-15(22)20(13-12-19(2)3)11-9-18(23)21-10-8-16-6-4-5-7-17(16)14-21/h4-7H,8-14H2,1-3H3. The Kier molecular flexibility index (Phi) is 6.16. The maximum Gasteiger partial charge on any atom is 0.224 e. The number of fused-ring (bicyclic) bond motifs is 1. The summed E-state index contributed by atoms with van der Waals surface area (Å²) < 4.78 is 0. The van der Waals surface area contributed by atoms with Gasteiger partial charge in [0.1, 0.15) is 0 Å². The Labute approximate surface area is 138 Å². The molecule has 0 N–H and O–H groups in total. The van der Waals surface area contributed by atoms with Gasteiger partial charge in [-0.3, -0.25) is 9.59 Å². The van der Waals surface area contributed by atoms with Crippen molar-refractivity contribution in [3.05, 3.63) is 35.4 Å². The second-order valence-corrected chi connectivity index (χ2v) is 6.39. The molecule has 2 rings (SSSR count). The van der Waals surface area contributed by atoms with Crippen LogP contribution in [0.2, 0.25) is 0 Å². The summed E-state index contributed by atoms with van der Waals surface area (Å²) in [5, 5.41) is 0. The number of benzene rings is 1. The van der Waals surface area contributed by atoms with E-state index < -0.39 is 0 Å². The summed E-state index contributed by atoms with van der Waals surface area (Å²) in [7, 11) is 3.96. The van der Waals surface area contributed by atoms with Gasteiger partial charge in [-0.2, -0.15) is 0 Å². The monoisotopic (exact) mass is 317 g/mol. The molecule has 1 heterocycles. The number of amides is 2. The molecule has 1 aromatic rings. The third-order valence-electron chi connectivity index (χ3n) is 4.34. The van der Waals surface area contributed by atoms with E-state index in [0.717, 1.165) is 19.5 Å². The topological polar surface area (TPSA) is 43.9 Å². The maximum absolute atomic E-state index is 12.5. The number of carbonyl (C=O) groups is 2. The van der Waals surface area contributed by atoms with Crippen LogP contribution in [0.1, 0.15) is 24.5 Å². The average molecular weight is 317 g/mol. The van der Waals surface area contributed by atoms with Crippen molar-refractivity contribution < 1.29 is 9.59 Å². The molecular formula is C18H27N3O2. The van der Waals surface area contributed by atoms with Gasteiger partial charge in [0.2, 0.25) is 11.8 Å². The lowest BCUT2D eigenvalue weighted by molar-refractivity contribution is -0.134. The van der Waals surface area contributed by atoms with Gasteiger partial charge < -0.3 is 14.7 Å². The Morgan fingerprint density at radius 1 is 1.09 bits per heavy atom. The third-order valence-corrected chi connectivity index (χ3v) is 4.34. The lowest BCUT2D eigenvalue weighted by Crippen LogP contribution is -2.40. The highest BCUT2D eigenvalue weighted by Crippen LogP contribution is 2.19. The Morgan fingerprint density at radius 3 is 2.43 bits per heavy atom. The van der Waals surface area contributed by atoms with Crippen LogP contribution in [-0.4, -0.2) is 66.8 Å². The van der Waals surface area contributed by atoms with Crippen molar-refractivity contribution in [2.75, 3.05) is 40.3 Å². The van der Waals surface area contributed by atoms with E-state index >= 15 is 0 Å². The van der Waals surface area contributed by atoms with Crippen molar-refractivity contribution in [2.45, 2.75) is 26.3 Å². The van der Waals surface area contributed by atoms with Gasteiger partial charge >= 0.3 is 0 Å². The highest BCUT2D eigenvalue weighted by molar-refractivity contribution is 5.78. The molecule has 0 saturated carbocycles. The Morgan fingerprint density at radius 2 is 1.78 bits per heavy atom. The second kappa shape index (κ2) is 8.11. The van der Waals surface area contributed by atoms with Crippen molar-refractivity contribution in [1.82, 2.24) is 14.7 Å². The summed E-state index contributed by atoms with van der Waals surface area (Å²) in [5.74, 6) is 0.166. The fraction of sp³-hybridized carbons (Fsp3) is 0.556. The van der Waals surface area contributed by atoms with Crippen LogP contribution in [0.4, 0.5) is 0 Å². The molecule has 1 aromatic carbocycles. The van der Waals surface area contributed by atoms with E-state index in [0.29, 0.717) is 26.1 Å². The van der Waals surface area contributed by atoms with Gasteiger partial charge in [0.15, 0.2) is 0 Å². The lowest BCUT2D eigenvalue weighted by atomic mass is 10.00. The van der Waals surface area contributed by atoms with Crippen LogP contribution in [0.3, 0.4) is 0 Å². The molecule has 0 atom stereocenters. The number of hydrogen-bond acceptors (Lipinski definition) is 3. The van der Waals surface area contributed by atoms with Gasteiger partial charge in [0.25, 0.3) is 0 Å². The first-order valence-electron chi connectivity index (χ1n) is 8.22. The molecule has 0 aliphatic carbocycles. The van der Waals surface area contributed by atoms with Gasteiger partial charge in [-0.15, -0.1) is 0 Å². The minimum absolute atomic E-state index is 0.0311. The Balaban J connectivity index is 1.85. The first-order valence-corrected chi connectivity index (χ1v) is 8.22. The molecule has 0 unspecified atom stereocenters. The number of carbonyl (C=O) groups excluding carboxylic acids is 2. The van der Waals surface area contributed by atoms with E-state index in [2.05, 4.69) is 12.1 Å². The molecule has 0 spiro atoms. The predicted octanol–water partition coefficient (Wildman–Crippen LogP) is 1.37. The van der Waals surface area contributed by atoms with Gasteiger partial charge in [0.05, 0.1) is 0 Å². The molecule has 0 bridgehead atoms. The molecule has 0 radical (unpaired) electrons. The van der Waals surface area contributed by atoms with Gasteiger partial charge in [0, 0.05) is 46.1 Å². The SMILES string of the molecule is CC(=O)N(CCC(=O)N1CCc2ccccc2C1)CCN(C)C. The van der Waals surface area contributed by atoms with Crippen LogP contribution >= 0.6 is 0 Å². The largest absolute Gasteiger partial charge is 0.341 e. The lowest BCUT2D eigenvalue weighted by Gasteiger charge is -2.30. The molecule has 5 heteroatoms. The Bertz CT molecular complexity index is 557. The summed E-state index contributed by atoms with van der Waals surface area (Å²) in [6, 6.07) is 8.29. The fourth-order valence-electron chi connectivity index (χ4n) is 2.84. The molecular weight excluding hydrogens is 290 g/mol. The van der Waals surface area contributed by atoms with E-state index in [1.807, 2.05) is 36.0 Å². The van der Waals surface area contributed by atoms with Gasteiger partial charge in [-0.25, -0.2) is 0 Å². The van der Waals surface area contributed by atoms with Crippen LogP contribution in [-0.2, 0) is 22.6 Å². The van der Waals surface area contributed by atoms with Crippen molar-refractivity contribution in [2.24, 2.45) is 0 Å². The zero-order valence-corrected chi connectivity index (χ0v) is 14.4. The van der Waals surface area contributed by atoms with E-state index in [4.69, 9.17) is 0 Å². The zero-order valence-electron chi connectivity index (χ0n) is 14.4. The molecule has 1 aliphatic rings. The summed E-state index contributed by atoms with van der Waals surface area (Å²) in [5.41, 5.74) is 2.58. The molecule has 23 heavy (non-hydrogen) atoms. The van der Waals surface area contributed by atoms with Crippen molar-refractivity contribution in [3.8, 4) is 0 Å². The molecule has 126 valence electrons. The van der Waals surface area contributed by atoms with Crippen LogP contribution in [0.15, 0.2) is 24.3 Å². The number of rotatable bonds is 6. The second-order valence-electron chi connectivity index (χ2n) is 6.39. The van der Waals surface area contributed by atoms with E-state index in [1.165, 1.54) is 11.1 Å². The fourth-order valence-corrected chi connectivity index (χ4v) is 2.84. The molecule has 5 nitrogen and oxygen atoms in total. The number of hydrogen-bond donors (Lipinski definition) is 0. The summed E-state index contributed by atoms with van der Waals surface area (Å²) in [4.78, 5) is 29.9.